The predicted octanol–water partition coefficient (Wildman–Crippen LogP) is 3.83. The summed E-state index contributed by atoms with van der Waals surface area (Å²) in [5.74, 6) is -2.22. The maximum absolute atomic E-state index is 13.2. The number of hydrogen-bond donors (Lipinski definition) is 0. The van der Waals surface area contributed by atoms with Crippen LogP contribution >= 0.6 is 22.9 Å². The van der Waals surface area contributed by atoms with Crippen LogP contribution in [-0.2, 0) is 11.3 Å². The maximum atomic E-state index is 13.2. The molecule has 0 spiro atoms. The Morgan fingerprint density at radius 3 is 2.71 bits per heavy atom. The van der Waals surface area contributed by atoms with E-state index in [1.165, 1.54) is 16.2 Å². The molecule has 0 aromatic carbocycles. The first kappa shape index (κ1) is 16.5. The topological polar surface area (TPSA) is 33.2 Å². The first-order chi connectivity index (χ1) is 9.93. The molecule has 1 aromatic rings. The first-order valence-corrected chi connectivity index (χ1v) is 8.14. The Labute approximate surface area is 130 Å². The van der Waals surface area contributed by atoms with Gasteiger partial charge in [-0.2, -0.15) is 13.2 Å². The number of carbonyl (C=O) groups is 1. The smallest absolute Gasteiger partial charge is 0.333 e. The molecule has 2 atom stereocenters. The van der Waals surface area contributed by atoms with Crippen molar-refractivity contribution in [2.24, 2.45) is 5.92 Å². The quantitative estimate of drug-likeness (QED) is 0.780. The zero-order valence-corrected chi connectivity index (χ0v) is 12.8. The average Bonchev–Trinajstić information content (AvgIpc) is 2.96. The Bertz CT molecular complexity index is 466. The highest BCUT2D eigenvalue weighted by Gasteiger charge is 2.48. The van der Waals surface area contributed by atoms with Crippen LogP contribution in [0.1, 0.15) is 30.6 Å². The van der Waals surface area contributed by atoms with Gasteiger partial charge in [0.15, 0.2) is 0 Å². The van der Waals surface area contributed by atoms with Gasteiger partial charge in [-0.05, 0) is 12.8 Å². The molecule has 1 heterocycles. The third kappa shape index (κ3) is 4.10. The van der Waals surface area contributed by atoms with E-state index in [4.69, 9.17) is 11.6 Å². The maximum Gasteiger partial charge on any atom is 0.393 e. The van der Waals surface area contributed by atoms with E-state index in [2.05, 4.69) is 4.98 Å². The standard InChI is InChI=1S/C13H16ClF3N2OS/c14-5-12(20)19(7-9-6-18-8-21-9)11-4-2-1-3-10(11)13(15,16)17/h6,8,10-11H,1-5,7H2/t10-,11+/m1/s1. The molecule has 1 aliphatic carbocycles. The molecule has 21 heavy (non-hydrogen) atoms. The Morgan fingerprint density at radius 1 is 1.43 bits per heavy atom. The number of hydrogen-bond acceptors (Lipinski definition) is 3. The summed E-state index contributed by atoms with van der Waals surface area (Å²) in [4.78, 5) is 18.0. The number of aromatic nitrogens is 1. The molecule has 1 fully saturated rings. The minimum absolute atomic E-state index is 0.0723. The normalized spacial score (nSPS) is 23.0. The molecular weight excluding hydrogens is 325 g/mol. The van der Waals surface area contributed by atoms with Crippen LogP contribution in [0.4, 0.5) is 13.2 Å². The molecule has 0 unspecified atom stereocenters. The van der Waals surface area contributed by atoms with Gasteiger partial charge in [0.05, 0.1) is 18.0 Å². The predicted molar refractivity (Wildman–Crippen MR) is 75.2 cm³/mol. The van der Waals surface area contributed by atoms with Gasteiger partial charge in [0.2, 0.25) is 5.91 Å². The Kier molecular flexibility index (Phi) is 5.48. The van der Waals surface area contributed by atoms with E-state index in [0.717, 1.165) is 4.88 Å². The summed E-state index contributed by atoms with van der Waals surface area (Å²) >= 11 is 6.91. The average molecular weight is 341 g/mol. The first-order valence-electron chi connectivity index (χ1n) is 6.73. The SMILES string of the molecule is O=C(CCl)N(Cc1cncs1)[C@H]1CCCC[C@H]1C(F)(F)F. The summed E-state index contributed by atoms with van der Waals surface area (Å²) in [6.07, 6.45) is -1.03. The monoisotopic (exact) mass is 340 g/mol. The van der Waals surface area contributed by atoms with Crippen molar-refractivity contribution in [2.75, 3.05) is 5.88 Å². The second-order valence-electron chi connectivity index (χ2n) is 5.12. The van der Waals surface area contributed by atoms with E-state index in [9.17, 15) is 18.0 Å². The highest BCUT2D eigenvalue weighted by atomic mass is 35.5. The minimum Gasteiger partial charge on any atom is -0.333 e. The number of halogens is 4. The van der Waals surface area contributed by atoms with Crippen LogP contribution in [0.5, 0.6) is 0 Å². The second-order valence-corrected chi connectivity index (χ2v) is 6.36. The minimum atomic E-state index is -4.29. The molecule has 118 valence electrons. The van der Waals surface area contributed by atoms with Crippen LogP contribution in [-0.4, -0.2) is 33.9 Å². The molecule has 1 amide bonds. The third-order valence-corrected chi connectivity index (χ3v) is 4.79. The largest absolute Gasteiger partial charge is 0.393 e. The molecule has 3 nitrogen and oxygen atoms in total. The molecule has 1 aromatic heterocycles. The second kappa shape index (κ2) is 6.96. The lowest BCUT2D eigenvalue weighted by molar-refractivity contribution is -0.200. The summed E-state index contributed by atoms with van der Waals surface area (Å²) in [6.45, 7) is 0.146. The van der Waals surface area contributed by atoms with Crippen molar-refractivity contribution < 1.29 is 18.0 Å². The molecule has 0 N–H and O–H groups in total. The zero-order valence-electron chi connectivity index (χ0n) is 11.3. The number of amides is 1. The Balaban J connectivity index is 2.23. The van der Waals surface area contributed by atoms with Gasteiger partial charge >= 0.3 is 6.18 Å². The molecule has 1 saturated carbocycles. The van der Waals surface area contributed by atoms with Crippen LogP contribution in [0.2, 0.25) is 0 Å². The van der Waals surface area contributed by atoms with Gasteiger partial charge < -0.3 is 4.90 Å². The van der Waals surface area contributed by atoms with Crippen LogP contribution < -0.4 is 0 Å². The van der Waals surface area contributed by atoms with Crippen molar-refractivity contribution in [3.8, 4) is 0 Å². The highest BCUT2D eigenvalue weighted by molar-refractivity contribution is 7.09. The van der Waals surface area contributed by atoms with E-state index in [-0.39, 0.29) is 18.8 Å². The fourth-order valence-corrected chi connectivity index (χ4v) is 3.57. The fraction of sp³-hybridized carbons (Fsp3) is 0.692. The number of rotatable bonds is 4. The van der Waals surface area contributed by atoms with Crippen LogP contribution in [0.15, 0.2) is 11.7 Å². The van der Waals surface area contributed by atoms with Crippen molar-refractivity contribution >= 4 is 28.8 Å². The zero-order chi connectivity index (χ0) is 15.5. The number of nitrogens with zero attached hydrogens (tertiary/aromatic N) is 2. The van der Waals surface area contributed by atoms with E-state index in [1.54, 1.807) is 11.7 Å². The molecule has 0 radical (unpaired) electrons. The van der Waals surface area contributed by atoms with Crippen molar-refractivity contribution in [3.63, 3.8) is 0 Å². The fourth-order valence-electron chi connectivity index (χ4n) is 2.82. The summed E-state index contributed by atoms with van der Waals surface area (Å²) in [5, 5.41) is 0. The van der Waals surface area contributed by atoms with Gasteiger partial charge in [0.25, 0.3) is 0 Å². The molecule has 0 aliphatic heterocycles. The lowest BCUT2D eigenvalue weighted by Gasteiger charge is -2.40. The van der Waals surface area contributed by atoms with E-state index in [1.807, 2.05) is 0 Å². The lowest BCUT2D eigenvalue weighted by atomic mass is 9.83. The summed E-state index contributed by atoms with van der Waals surface area (Å²) in [7, 11) is 0. The van der Waals surface area contributed by atoms with Crippen molar-refractivity contribution in [3.05, 3.63) is 16.6 Å². The van der Waals surface area contributed by atoms with Crippen molar-refractivity contribution in [2.45, 2.75) is 44.4 Å². The Morgan fingerprint density at radius 2 is 2.14 bits per heavy atom. The van der Waals surface area contributed by atoms with E-state index in [0.29, 0.717) is 19.3 Å². The van der Waals surface area contributed by atoms with Gasteiger partial charge in [-0.25, -0.2) is 0 Å². The molecule has 0 saturated heterocycles. The number of carbonyl (C=O) groups excluding carboxylic acids is 1. The summed E-state index contributed by atoms with van der Waals surface area (Å²) in [5.41, 5.74) is 1.60. The number of thiazole rings is 1. The van der Waals surface area contributed by atoms with Crippen molar-refractivity contribution in [1.29, 1.82) is 0 Å². The van der Waals surface area contributed by atoms with Gasteiger partial charge in [-0.3, -0.25) is 9.78 Å². The third-order valence-electron chi connectivity index (χ3n) is 3.79. The molecule has 0 bridgehead atoms. The van der Waals surface area contributed by atoms with E-state index >= 15 is 0 Å². The van der Waals surface area contributed by atoms with Crippen LogP contribution in [0.3, 0.4) is 0 Å². The van der Waals surface area contributed by atoms with Crippen molar-refractivity contribution in [1.82, 2.24) is 9.88 Å². The van der Waals surface area contributed by atoms with Gasteiger partial charge in [-0.1, -0.05) is 12.8 Å². The van der Waals surface area contributed by atoms with Crippen LogP contribution in [0.25, 0.3) is 0 Å². The number of alkyl halides is 4. The van der Waals surface area contributed by atoms with Gasteiger partial charge in [0.1, 0.15) is 5.88 Å². The molecule has 8 heteroatoms. The highest BCUT2D eigenvalue weighted by Crippen LogP contribution is 2.40. The summed E-state index contributed by atoms with van der Waals surface area (Å²) < 4.78 is 39.7. The van der Waals surface area contributed by atoms with Gasteiger partial charge in [0, 0.05) is 17.1 Å². The lowest BCUT2D eigenvalue weighted by Crippen LogP contribution is -2.50. The van der Waals surface area contributed by atoms with E-state index < -0.39 is 24.0 Å². The Hall–Kier alpha value is -0.820. The van der Waals surface area contributed by atoms with Crippen LogP contribution in [0, 0.1) is 5.92 Å². The van der Waals surface area contributed by atoms with Gasteiger partial charge in [-0.15, -0.1) is 22.9 Å². The molecule has 1 aliphatic rings. The molecular formula is C13H16ClF3N2OS. The molecule has 2 rings (SSSR count). The summed E-state index contributed by atoms with van der Waals surface area (Å²) in [6, 6.07) is -0.827.